The third-order valence-electron chi connectivity index (χ3n) is 7.14. The molecule has 4 aromatic rings. The van der Waals surface area contributed by atoms with E-state index in [1.807, 2.05) is 44.2 Å². The van der Waals surface area contributed by atoms with Gasteiger partial charge in [-0.05, 0) is 66.9 Å². The Morgan fingerprint density at radius 2 is 1.58 bits per heavy atom. The van der Waals surface area contributed by atoms with E-state index in [1.54, 1.807) is 54.6 Å². The average molecular weight is 732 g/mol. The van der Waals surface area contributed by atoms with Crippen molar-refractivity contribution in [1.82, 2.24) is 10.2 Å². The summed E-state index contributed by atoms with van der Waals surface area (Å²) in [5, 5.41) is 3.58. The number of benzene rings is 4. The summed E-state index contributed by atoms with van der Waals surface area (Å²) < 4.78 is 30.0. The Labute approximate surface area is 283 Å². The van der Waals surface area contributed by atoms with Gasteiger partial charge in [-0.3, -0.25) is 13.9 Å². The van der Waals surface area contributed by atoms with Gasteiger partial charge in [0.05, 0.1) is 20.6 Å². The standard InChI is InChI=1S/C34H34BrCl2N3O4S/c1-3-18-38-34(42)32(20-25-8-5-4-6-9-25)39(22-26-14-17-30(36)31(37)19-26)33(41)23-40(28-11-7-10-27(35)21-28)45(43,44)29-15-12-24(2)13-16-29/h4-17,19,21,32H,3,18,20,22-23H2,1-2H3,(H,38,42). The molecule has 11 heteroatoms. The molecule has 45 heavy (non-hydrogen) atoms. The highest BCUT2D eigenvalue weighted by Crippen LogP contribution is 2.28. The number of nitrogens with one attached hydrogen (secondary N) is 1. The minimum atomic E-state index is -4.19. The van der Waals surface area contributed by atoms with Crippen molar-refractivity contribution in [3.8, 4) is 0 Å². The van der Waals surface area contributed by atoms with Crippen LogP contribution in [0.5, 0.6) is 0 Å². The van der Waals surface area contributed by atoms with Crippen molar-refractivity contribution in [2.45, 2.75) is 44.2 Å². The van der Waals surface area contributed by atoms with Crippen molar-refractivity contribution in [1.29, 1.82) is 0 Å². The predicted molar refractivity (Wildman–Crippen MR) is 184 cm³/mol. The molecule has 0 aliphatic rings. The SMILES string of the molecule is CCCNC(=O)C(Cc1ccccc1)N(Cc1ccc(Cl)c(Cl)c1)C(=O)CN(c1cccc(Br)c1)S(=O)(=O)c1ccc(C)cc1. The number of rotatable bonds is 13. The van der Waals surface area contributed by atoms with Gasteiger partial charge in [-0.1, -0.05) is 106 Å². The van der Waals surface area contributed by atoms with Crippen LogP contribution in [0.4, 0.5) is 5.69 Å². The Bertz CT molecular complexity index is 1740. The van der Waals surface area contributed by atoms with E-state index in [-0.39, 0.29) is 23.8 Å². The molecule has 4 aromatic carbocycles. The Morgan fingerprint density at radius 3 is 2.22 bits per heavy atom. The quantitative estimate of drug-likeness (QED) is 0.155. The van der Waals surface area contributed by atoms with E-state index < -0.39 is 28.5 Å². The van der Waals surface area contributed by atoms with Crippen LogP contribution in [0.3, 0.4) is 0 Å². The molecule has 0 saturated carbocycles. The van der Waals surface area contributed by atoms with Crippen LogP contribution in [0.15, 0.2) is 106 Å². The molecular formula is C34H34BrCl2N3O4S. The smallest absolute Gasteiger partial charge is 0.264 e. The van der Waals surface area contributed by atoms with Crippen LogP contribution in [0, 0.1) is 6.92 Å². The van der Waals surface area contributed by atoms with E-state index in [0.29, 0.717) is 38.7 Å². The van der Waals surface area contributed by atoms with Crippen LogP contribution in [0.25, 0.3) is 0 Å². The molecule has 4 rings (SSSR count). The third kappa shape index (κ3) is 9.10. The lowest BCUT2D eigenvalue weighted by atomic mass is 10.0. The fourth-order valence-corrected chi connectivity index (χ4v) is 6.87. The summed E-state index contributed by atoms with van der Waals surface area (Å²) in [4.78, 5) is 29.7. The molecule has 0 saturated heterocycles. The largest absolute Gasteiger partial charge is 0.354 e. The van der Waals surface area contributed by atoms with Crippen LogP contribution in [0.1, 0.15) is 30.0 Å². The predicted octanol–water partition coefficient (Wildman–Crippen LogP) is 7.43. The molecule has 1 unspecified atom stereocenters. The monoisotopic (exact) mass is 729 g/mol. The zero-order chi connectivity index (χ0) is 32.6. The van der Waals surface area contributed by atoms with Gasteiger partial charge in [-0.2, -0.15) is 0 Å². The molecule has 0 aromatic heterocycles. The van der Waals surface area contributed by atoms with E-state index in [4.69, 9.17) is 23.2 Å². The number of sulfonamides is 1. The van der Waals surface area contributed by atoms with Crippen LogP contribution >= 0.6 is 39.1 Å². The van der Waals surface area contributed by atoms with Gasteiger partial charge in [0.2, 0.25) is 11.8 Å². The molecule has 0 spiro atoms. The Hall–Kier alpha value is -3.37. The molecule has 0 aliphatic carbocycles. The van der Waals surface area contributed by atoms with Gasteiger partial charge in [0.1, 0.15) is 12.6 Å². The maximum atomic E-state index is 14.5. The van der Waals surface area contributed by atoms with Gasteiger partial charge < -0.3 is 10.2 Å². The number of anilines is 1. The fraction of sp³-hybridized carbons (Fsp3) is 0.235. The summed E-state index contributed by atoms with van der Waals surface area (Å²) in [6.45, 7) is 3.66. The first-order valence-electron chi connectivity index (χ1n) is 14.4. The number of nitrogens with zero attached hydrogens (tertiary/aromatic N) is 2. The zero-order valence-electron chi connectivity index (χ0n) is 24.9. The number of hydrogen-bond donors (Lipinski definition) is 1. The van der Waals surface area contributed by atoms with Crippen molar-refractivity contribution in [3.05, 3.63) is 128 Å². The number of carbonyl (C=O) groups excluding carboxylic acids is 2. The highest BCUT2D eigenvalue weighted by Gasteiger charge is 2.34. The van der Waals surface area contributed by atoms with Crippen molar-refractivity contribution in [2.75, 3.05) is 17.4 Å². The van der Waals surface area contributed by atoms with Gasteiger partial charge in [0.25, 0.3) is 10.0 Å². The lowest BCUT2D eigenvalue weighted by Gasteiger charge is -2.34. The van der Waals surface area contributed by atoms with Crippen molar-refractivity contribution in [2.24, 2.45) is 0 Å². The summed E-state index contributed by atoms with van der Waals surface area (Å²) >= 11 is 15.9. The average Bonchev–Trinajstić information content (AvgIpc) is 3.02. The second-order valence-electron chi connectivity index (χ2n) is 10.6. The first kappa shape index (κ1) is 34.5. The molecule has 1 atom stereocenters. The summed E-state index contributed by atoms with van der Waals surface area (Å²) in [5.41, 5.74) is 2.67. The zero-order valence-corrected chi connectivity index (χ0v) is 28.8. The first-order valence-corrected chi connectivity index (χ1v) is 17.4. The van der Waals surface area contributed by atoms with E-state index in [2.05, 4.69) is 21.2 Å². The second-order valence-corrected chi connectivity index (χ2v) is 14.2. The van der Waals surface area contributed by atoms with Gasteiger partial charge in [-0.25, -0.2) is 8.42 Å². The van der Waals surface area contributed by atoms with E-state index >= 15 is 0 Å². The number of aryl methyl sites for hydroxylation is 1. The molecule has 236 valence electrons. The fourth-order valence-electron chi connectivity index (χ4n) is 4.75. The minimum Gasteiger partial charge on any atom is -0.354 e. The molecule has 0 fully saturated rings. The lowest BCUT2D eigenvalue weighted by molar-refractivity contribution is -0.140. The van der Waals surface area contributed by atoms with Crippen LogP contribution < -0.4 is 9.62 Å². The van der Waals surface area contributed by atoms with Crippen molar-refractivity contribution >= 4 is 66.7 Å². The highest BCUT2D eigenvalue weighted by atomic mass is 79.9. The third-order valence-corrected chi connectivity index (χ3v) is 10.2. The molecule has 0 bridgehead atoms. The lowest BCUT2D eigenvalue weighted by Crippen LogP contribution is -2.53. The Kier molecular flexibility index (Phi) is 12.1. The maximum Gasteiger partial charge on any atom is 0.264 e. The van der Waals surface area contributed by atoms with Gasteiger partial charge in [0, 0.05) is 24.0 Å². The normalized spacial score (nSPS) is 11.9. The molecular weight excluding hydrogens is 697 g/mol. The number of hydrogen-bond acceptors (Lipinski definition) is 4. The molecule has 0 radical (unpaired) electrons. The summed E-state index contributed by atoms with van der Waals surface area (Å²) in [6, 6.07) is 26.6. The summed E-state index contributed by atoms with van der Waals surface area (Å²) in [6.07, 6.45) is 0.918. The Balaban J connectivity index is 1.81. The van der Waals surface area contributed by atoms with E-state index in [0.717, 1.165) is 15.4 Å². The van der Waals surface area contributed by atoms with Crippen LogP contribution in [0.2, 0.25) is 10.0 Å². The summed E-state index contributed by atoms with van der Waals surface area (Å²) in [7, 11) is -4.19. The van der Waals surface area contributed by atoms with E-state index in [1.165, 1.54) is 17.0 Å². The summed E-state index contributed by atoms with van der Waals surface area (Å²) in [5.74, 6) is -0.908. The van der Waals surface area contributed by atoms with Crippen LogP contribution in [-0.2, 0) is 32.6 Å². The minimum absolute atomic E-state index is 0.0102. The maximum absolute atomic E-state index is 14.5. The highest BCUT2D eigenvalue weighted by molar-refractivity contribution is 9.10. The molecule has 7 nitrogen and oxygen atoms in total. The van der Waals surface area contributed by atoms with Crippen LogP contribution in [-0.4, -0.2) is 44.3 Å². The molecule has 0 aliphatic heterocycles. The number of halogens is 3. The number of carbonyl (C=O) groups is 2. The van der Waals surface area contributed by atoms with Crippen molar-refractivity contribution < 1.29 is 18.0 Å². The van der Waals surface area contributed by atoms with Gasteiger partial charge in [-0.15, -0.1) is 0 Å². The Morgan fingerprint density at radius 1 is 0.867 bits per heavy atom. The number of amides is 2. The van der Waals surface area contributed by atoms with Gasteiger partial charge >= 0.3 is 0 Å². The van der Waals surface area contributed by atoms with Crippen molar-refractivity contribution in [3.63, 3.8) is 0 Å². The second kappa shape index (κ2) is 15.8. The molecule has 1 N–H and O–H groups in total. The van der Waals surface area contributed by atoms with E-state index in [9.17, 15) is 18.0 Å². The first-order chi connectivity index (χ1) is 21.5. The topological polar surface area (TPSA) is 86.8 Å². The molecule has 0 heterocycles. The van der Waals surface area contributed by atoms with Gasteiger partial charge in [0.15, 0.2) is 0 Å². The molecule has 2 amide bonds.